The zero-order chi connectivity index (χ0) is 17.5. The van der Waals surface area contributed by atoms with Crippen LogP contribution < -0.4 is 5.32 Å². The smallest absolute Gasteiger partial charge is 0.331 e. The molecular formula is C18H15BrFNO3. The number of nitrogens with one attached hydrogen (secondary N) is 1. The first-order valence-electron chi connectivity index (χ1n) is 7.10. The number of amides is 1. The van der Waals surface area contributed by atoms with Gasteiger partial charge in [-0.1, -0.05) is 28.1 Å². The van der Waals surface area contributed by atoms with Gasteiger partial charge in [0.25, 0.3) is 5.91 Å². The summed E-state index contributed by atoms with van der Waals surface area (Å²) in [7, 11) is 0. The number of hydrogen-bond donors (Lipinski definition) is 1. The first kappa shape index (κ1) is 17.9. The fourth-order valence-electron chi connectivity index (χ4n) is 1.84. The lowest BCUT2D eigenvalue weighted by Crippen LogP contribution is -2.20. The molecule has 24 heavy (non-hydrogen) atoms. The maximum atomic E-state index is 12.8. The topological polar surface area (TPSA) is 55.4 Å². The minimum atomic E-state index is -0.628. The number of aryl methyl sites for hydroxylation is 1. The zero-order valence-electron chi connectivity index (χ0n) is 12.9. The van der Waals surface area contributed by atoms with Crippen LogP contribution in [0.3, 0.4) is 0 Å². The SMILES string of the molecule is Cc1ccc(/C=C/C(=O)OCC(=O)Nc2ccc(F)cc2)c(Br)c1. The standard InChI is InChI=1S/C18H15BrFNO3/c1-12-2-3-13(16(19)10-12)4-9-18(23)24-11-17(22)21-15-7-5-14(20)6-8-15/h2-10H,11H2,1H3,(H,21,22)/b9-4+. The van der Waals surface area contributed by atoms with Gasteiger partial charge in [-0.3, -0.25) is 4.79 Å². The Morgan fingerprint density at radius 1 is 1.21 bits per heavy atom. The fraction of sp³-hybridized carbons (Fsp3) is 0.111. The third-order valence-electron chi connectivity index (χ3n) is 3.03. The Hall–Kier alpha value is -2.47. The number of rotatable bonds is 5. The molecule has 0 saturated carbocycles. The first-order valence-corrected chi connectivity index (χ1v) is 7.90. The minimum absolute atomic E-state index is 0.396. The van der Waals surface area contributed by atoms with Gasteiger partial charge in [0.15, 0.2) is 6.61 Å². The van der Waals surface area contributed by atoms with Crippen molar-refractivity contribution in [1.82, 2.24) is 0 Å². The molecule has 0 aliphatic carbocycles. The quantitative estimate of drug-likeness (QED) is 0.616. The van der Waals surface area contributed by atoms with Gasteiger partial charge in [-0.25, -0.2) is 9.18 Å². The first-order chi connectivity index (χ1) is 11.4. The third kappa shape index (κ3) is 5.62. The van der Waals surface area contributed by atoms with Crippen molar-refractivity contribution >= 4 is 39.6 Å². The molecule has 0 radical (unpaired) electrons. The van der Waals surface area contributed by atoms with Crippen LogP contribution in [-0.4, -0.2) is 18.5 Å². The van der Waals surface area contributed by atoms with Gasteiger partial charge in [0, 0.05) is 16.2 Å². The van der Waals surface area contributed by atoms with Crippen LogP contribution in [-0.2, 0) is 14.3 Å². The van der Waals surface area contributed by atoms with Crippen LogP contribution in [0.5, 0.6) is 0 Å². The monoisotopic (exact) mass is 391 g/mol. The Labute approximate surface area is 147 Å². The molecule has 0 aromatic heterocycles. The normalized spacial score (nSPS) is 10.6. The Kier molecular flexibility index (Phi) is 6.26. The molecule has 124 valence electrons. The fourth-order valence-corrected chi connectivity index (χ4v) is 2.47. The van der Waals surface area contributed by atoms with Crippen LogP contribution in [0.1, 0.15) is 11.1 Å². The van der Waals surface area contributed by atoms with E-state index in [4.69, 9.17) is 4.74 Å². The van der Waals surface area contributed by atoms with E-state index >= 15 is 0 Å². The highest BCUT2D eigenvalue weighted by Gasteiger charge is 2.06. The lowest BCUT2D eigenvalue weighted by molar-refractivity contribution is -0.142. The van der Waals surface area contributed by atoms with E-state index in [9.17, 15) is 14.0 Å². The van der Waals surface area contributed by atoms with Crippen LogP contribution >= 0.6 is 15.9 Å². The van der Waals surface area contributed by atoms with E-state index in [1.807, 2.05) is 25.1 Å². The molecule has 0 aliphatic heterocycles. The molecule has 0 fully saturated rings. The molecule has 2 rings (SSSR count). The summed E-state index contributed by atoms with van der Waals surface area (Å²) in [6, 6.07) is 11.0. The minimum Gasteiger partial charge on any atom is -0.452 e. The number of anilines is 1. The highest BCUT2D eigenvalue weighted by molar-refractivity contribution is 9.10. The summed E-state index contributed by atoms with van der Waals surface area (Å²) in [6.45, 7) is 1.54. The van der Waals surface area contributed by atoms with Crippen molar-refractivity contribution in [3.05, 3.63) is 70.0 Å². The van der Waals surface area contributed by atoms with Gasteiger partial charge in [0.2, 0.25) is 0 Å². The van der Waals surface area contributed by atoms with E-state index in [0.29, 0.717) is 5.69 Å². The van der Waals surface area contributed by atoms with Crippen LogP contribution in [0.15, 0.2) is 53.0 Å². The molecule has 1 amide bonds. The number of benzene rings is 2. The predicted octanol–water partition coefficient (Wildman–Crippen LogP) is 4.09. The van der Waals surface area contributed by atoms with Crippen LogP contribution in [0.4, 0.5) is 10.1 Å². The molecule has 0 saturated heterocycles. The summed E-state index contributed by atoms with van der Waals surface area (Å²) in [5, 5.41) is 2.50. The maximum Gasteiger partial charge on any atom is 0.331 e. The second-order valence-corrected chi connectivity index (χ2v) is 5.88. The number of esters is 1. The molecule has 0 bridgehead atoms. The lowest BCUT2D eigenvalue weighted by Gasteiger charge is -2.05. The molecule has 6 heteroatoms. The molecule has 0 aliphatic rings. The maximum absolute atomic E-state index is 12.8. The largest absolute Gasteiger partial charge is 0.452 e. The molecular weight excluding hydrogens is 377 g/mol. The number of ether oxygens (including phenoxy) is 1. The summed E-state index contributed by atoms with van der Waals surface area (Å²) in [5.74, 6) is -1.52. The molecule has 0 atom stereocenters. The Bertz CT molecular complexity index is 772. The van der Waals surface area contributed by atoms with E-state index in [1.54, 1.807) is 6.08 Å². The van der Waals surface area contributed by atoms with E-state index in [2.05, 4.69) is 21.2 Å². The summed E-state index contributed by atoms with van der Waals surface area (Å²) in [4.78, 5) is 23.3. The molecule has 2 aromatic rings. The van der Waals surface area contributed by atoms with Crippen molar-refractivity contribution in [2.75, 3.05) is 11.9 Å². The molecule has 0 spiro atoms. The molecule has 4 nitrogen and oxygen atoms in total. The second kappa shape index (κ2) is 8.40. The van der Waals surface area contributed by atoms with Crippen molar-refractivity contribution in [3.63, 3.8) is 0 Å². The highest BCUT2D eigenvalue weighted by Crippen LogP contribution is 2.19. The molecule has 1 N–H and O–H groups in total. The van der Waals surface area contributed by atoms with Gasteiger partial charge in [0.05, 0.1) is 0 Å². The lowest BCUT2D eigenvalue weighted by atomic mass is 10.1. The van der Waals surface area contributed by atoms with E-state index in [-0.39, 0.29) is 0 Å². The van der Waals surface area contributed by atoms with Gasteiger partial charge < -0.3 is 10.1 Å². The molecule has 2 aromatic carbocycles. The Morgan fingerprint density at radius 2 is 1.92 bits per heavy atom. The molecule has 0 unspecified atom stereocenters. The van der Waals surface area contributed by atoms with Crippen LogP contribution in [0, 0.1) is 12.7 Å². The van der Waals surface area contributed by atoms with E-state index < -0.39 is 24.3 Å². The van der Waals surface area contributed by atoms with Crippen molar-refractivity contribution in [2.45, 2.75) is 6.92 Å². The summed E-state index contributed by atoms with van der Waals surface area (Å²) >= 11 is 3.41. The Morgan fingerprint density at radius 3 is 2.58 bits per heavy atom. The number of carbonyl (C=O) groups is 2. The predicted molar refractivity (Wildman–Crippen MR) is 93.9 cm³/mol. The third-order valence-corrected chi connectivity index (χ3v) is 3.72. The van der Waals surface area contributed by atoms with Crippen LogP contribution in [0.2, 0.25) is 0 Å². The summed E-state index contributed by atoms with van der Waals surface area (Å²) < 4.78 is 18.5. The highest BCUT2D eigenvalue weighted by atomic mass is 79.9. The van der Waals surface area contributed by atoms with Gasteiger partial charge in [-0.15, -0.1) is 0 Å². The van der Waals surface area contributed by atoms with Crippen LogP contribution in [0.25, 0.3) is 6.08 Å². The number of halogens is 2. The second-order valence-electron chi connectivity index (χ2n) is 5.02. The van der Waals surface area contributed by atoms with E-state index in [0.717, 1.165) is 15.6 Å². The number of hydrogen-bond acceptors (Lipinski definition) is 3. The summed E-state index contributed by atoms with van der Waals surface area (Å²) in [5.41, 5.74) is 2.35. The van der Waals surface area contributed by atoms with Gasteiger partial charge in [0.1, 0.15) is 5.82 Å². The zero-order valence-corrected chi connectivity index (χ0v) is 14.5. The van der Waals surface area contributed by atoms with Gasteiger partial charge in [-0.05, 0) is 54.5 Å². The van der Waals surface area contributed by atoms with Gasteiger partial charge in [-0.2, -0.15) is 0 Å². The van der Waals surface area contributed by atoms with Crippen molar-refractivity contribution in [3.8, 4) is 0 Å². The summed E-state index contributed by atoms with van der Waals surface area (Å²) in [6.07, 6.45) is 2.85. The van der Waals surface area contributed by atoms with Crippen molar-refractivity contribution in [2.24, 2.45) is 0 Å². The Balaban J connectivity index is 1.83. The molecule has 0 heterocycles. The van der Waals surface area contributed by atoms with Crippen molar-refractivity contribution in [1.29, 1.82) is 0 Å². The number of carbonyl (C=O) groups excluding carboxylic acids is 2. The van der Waals surface area contributed by atoms with Crippen molar-refractivity contribution < 1.29 is 18.7 Å². The average molecular weight is 392 g/mol. The van der Waals surface area contributed by atoms with Gasteiger partial charge >= 0.3 is 5.97 Å². The van der Waals surface area contributed by atoms with E-state index in [1.165, 1.54) is 30.3 Å². The average Bonchev–Trinajstić information content (AvgIpc) is 2.54.